The van der Waals surface area contributed by atoms with Gasteiger partial charge in [-0.25, -0.2) is 13.2 Å². The predicted octanol–water partition coefficient (Wildman–Crippen LogP) is 3.54. The molecule has 0 saturated carbocycles. The number of aryl methyl sites for hydroxylation is 2. The summed E-state index contributed by atoms with van der Waals surface area (Å²) < 4.78 is 32.2. The van der Waals surface area contributed by atoms with Crippen LogP contribution in [0.25, 0.3) is 0 Å². The van der Waals surface area contributed by atoms with Gasteiger partial charge in [-0.05, 0) is 49.2 Å². The Morgan fingerprint density at radius 3 is 2.39 bits per heavy atom. The lowest BCUT2D eigenvalue weighted by Crippen LogP contribution is -2.15. The second-order valence-corrected chi connectivity index (χ2v) is 7.15. The monoisotopic (exact) mass is 353 g/mol. The summed E-state index contributed by atoms with van der Waals surface area (Å²) in [5, 5.41) is 0.424. The molecule has 2 rings (SSSR count). The van der Waals surface area contributed by atoms with Gasteiger partial charge in [0.25, 0.3) is 10.0 Å². The number of ether oxygens (including phenoxy) is 1. The molecule has 7 heteroatoms. The summed E-state index contributed by atoms with van der Waals surface area (Å²) in [6.45, 7) is 3.47. The van der Waals surface area contributed by atoms with E-state index < -0.39 is 16.0 Å². The van der Waals surface area contributed by atoms with Crippen molar-refractivity contribution in [3.8, 4) is 0 Å². The first kappa shape index (κ1) is 17.3. The molecule has 0 unspecified atom stereocenters. The van der Waals surface area contributed by atoms with Gasteiger partial charge in [0.15, 0.2) is 0 Å². The topological polar surface area (TPSA) is 72.5 Å². The molecule has 2 aromatic rings. The van der Waals surface area contributed by atoms with Gasteiger partial charge < -0.3 is 4.74 Å². The number of carbonyl (C=O) groups excluding carboxylic acids is 1. The number of benzene rings is 2. The van der Waals surface area contributed by atoms with Crippen molar-refractivity contribution in [3.05, 3.63) is 58.1 Å². The first-order chi connectivity index (χ1) is 10.7. The molecule has 0 aliphatic heterocycles. The number of rotatable bonds is 4. The highest BCUT2D eigenvalue weighted by Gasteiger charge is 2.19. The molecule has 0 heterocycles. The summed E-state index contributed by atoms with van der Waals surface area (Å²) in [5.74, 6) is -0.585. The Morgan fingerprint density at radius 2 is 1.74 bits per heavy atom. The first-order valence-electron chi connectivity index (χ1n) is 6.72. The van der Waals surface area contributed by atoms with E-state index in [0.29, 0.717) is 16.3 Å². The van der Waals surface area contributed by atoms with Crippen molar-refractivity contribution in [2.24, 2.45) is 0 Å². The van der Waals surface area contributed by atoms with E-state index in [1.54, 1.807) is 32.0 Å². The zero-order valence-corrected chi connectivity index (χ0v) is 14.5. The summed E-state index contributed by atoms with van der Waals surface area (Å²) in [7, 11) is -2.60. The van der Waals surface area contributed by atoms with Crippen LogP contribution in [0, 0.1) is 13.8 Å². The highest BCUT2D eigenvalue weighted by atomic mass is 35.5. The number of nitrogens with one attached hydrogen (secondary N) is 1. The van der Waals surface area contributed by atoms with Crippen molar-refractivity contribution in [3.63, 3.8) is 0 Å². The van der Waals surface area contributed by atoms with Gasteiger partial charge in [-0.15, -0.1) is 0 Å². The van der Waals surface area contributed by atoms with Crippen molar-refractivity contribution < 1.29 is 17.9 Å². The molecule has 0 fully saturated rings. The molecule has 0 aromatic heterocycles. The molecule has 0 saturated heterocycles. The second kappa shape index (κ2) is 6.60. The van der Waals surface area contributed by atoms with Crippen LogP contribution in [0.3, 0.4) is 0 Å². The molecule has 1 N–H and O–H groups in total. The lowest BCUT2D eigenvalue weighted by molar-refractivity contribution is 0.0599. The number of hydrogen-bond donors (Lipinski definition) is 1. The van der Waals surface area contributed by atoms with Gasteiger partial charge >= 0.3 is 5.97 Å². The maximum atomic E-state index is 12.5. The minimum absolute atomic E-state index is 0.0251. The van der Waals surface area contributed by atoms with E-state index in [9.17, 15) is 13.2 Å². The number of anilines is 1. The van der Waals surface area contributed by atoms with Crippen LogP contribution in [0.1, 0.15) is 21.5 Å². The van der Waals surface area contributed by atoms with Gasteiger partial charge in [0.2, 0.25) is 0 Å². The molecular weight excluding hydrogens is 338 g/mol. The lowest BCUT2D eigenvalue weighted by Gasteiger charge is -2.12. The van der Waals surface area contributed by atoms with Crippen molar-refractivity contribution in [2.45, 2.75) is 18.7 Å². The van der Waals surface area contributed by atoms with Crippen molar-refractivity contribution in [1.82, 2.24) is 0 Å². The number of carbonyl (C=O) groups is 1. The Balaban J connectivity index is 2.44. The molecule has 122 valence electrons. The maximum Gasteiger partial charge on any atom is 0.338 e. The lowest BCUT2D eigenvalue weighted by atomic mass is 10.1. The van der Waals surface area contributed by atoms with Crippen LogP contribution < -0.4 is 4.72 Å². The molecule has 2 aromatic carbocycles. The van der Waals surface area contributed by atoms with Crippen LogP contribution in [0.5, 0.6) is 0 Å². The normalized spacial score (nSPS) is 11.1. The van der Waals surface area contributed by atoms with Gasteiger partial charge in [0, 0.05) is 5.02 Å². The van der Waals surface area contributed by atoms with Crippen molar-refractivity contribution in [1.29, 1.82) is 0 Å². The molecule has 0 radical (unpaired) electrons. The molecule has 23 heavy (non-hydrogen) atoms. The Bertz CT molecular complexity index is 862. The molecule has 5 nitrogen and oxygen atoms in total. The van der Waals surface area contributed by atoms with E-state index in [4.69, 9.17) is 11.6 Å². The number of halogens is 1. The Kier molecular flexibility index (Phi) is 4.97. The smallest absolute Gasteiger partial charge is 0.338 e. The first-order valence-corrected chi connectivity index (χ1v) is 8.58. The predicted molar refractivity (Wildman–Crippen MR) is 89.5 cm³/mol. The Hall–Kier alpha value is -2.05. The summed E-state index contributed by atoms with van der Waals surface area (Å²) >= 11 is 5.90. The average Bonchev–Trinajstić information content (AvgIpc) is 2.50. The fourth-order valence-corrected chi connectivity index (χ4v) is 3.33. The van der Waals surface area contributed by atoms with Gasteiger partial charge in [0.05, 0.1) is 23.3 Å². The van der Waals surface area contributed by atoms with Crippen LogP contribution in [-0.4, -0.2) is 21.5 Å². The third-order valence-corrected chi connectivity index (χ3v) is 4.97. The van der Waals surface area contributed by atoms with E-state index >= 15 is 0 Å². The van der Waals surface area contributed by atoms with E-state index in [0.717, 1.165) is 5.56 Å². The summed E-state index contributed by atoms with van der Waals surface area (Å²) in [6, 6.07) is 9.22. The van der Waals surface area contributed by atoms with Crippen LogP contribution >= 0.6 is 11.6 Å². The molecule has 0 spiro atoms. The van der Waals surface area contributed by atoms with Crippen LogP contribution in [0.4, 0.5) is 5.69 Å². The van der Waals surface area contributed by atoms with Gasteiger partial charge in [-0.1, -0.05) is 23.7 Å². The maximum absolute atomic E-state index is 12.5. The molecule has 0 aliphatic carbocycles. The fraction of sp³-hybridized carbons (Fsp3) is 0.188. The molecule has 0 bridgehead atoms. The Morgan fingerprint density at radius 1 is 1.09 bits per heavy atom. The molecule has 0 atom stereocenters. The SMILES string of the molecule is COC(=O)c1cc(S(=O)(=O)Nc2cc(Cl)ccc2C)ccc1C. The zero-order valence-electron chi connectivity index (χ0n) is 12.9. The summed E-state index contributed by atoms with van der Waals surface area (Å²) in [4.78, 5) is 11.7. The van der Waals surface area contributed by atoms with Crippen molar-refractivity contribution >= 4 is 33.3 Å². The number of methoxy groups -OCH3 is 1. The molecule has 0 amide bonds. The highest BCUT2D eigenvalue weighted by Crippen LogP contribution is 2.24. The van der Waals surface area contributed by atoms with E-state index in [1.165, 1.54) is 25.3 Å². The van der Waals surface area contributed by atoms with Crippen LogP contribution in [-0.2, 0) is 14.8 Å². The van der Waals surface area contributed by atoms with Crippen molar-refractivity contribution in [2.75, 3.05) is 11.8 Å². The number of sulfonamides is 1. The third kappa shape index (κ3) is 3.83. The largest absolute Gasteiger partial charge is 0.465 e. The minimum atomic E-state index is -3.85. The summed E-state index contributed by atoms with van der Waals surface area (Å²) in [5.41, 5.74) is 1.96. The van der Waals surface area contributed by atoms with Crippen LogP contribution in [0.2, 0.25) is 5.02 Å². The van der Waals surface area contributed by atoms with Gasteiger partial charge in [-0.2, -0.15) is 0 Å². The van der Waals surface area contributed by atoms with E-state index in [-0.39, 0.29) is 10.5 Å². The fourth-order valence-electron chi connectivity index (χ4n) is 2.01. The average molecular weight is 354 g/mol. The Labute approximate surface area is 140 Å². The second-order valence-electron chi connectivity index (χ2n) is 5.03. The molecule has 0 aliphatic rings. The number of esters is 1. The minimum Gasteiger partial charge on any atom is -0.465 e. The van der Waals surface area contributed by atoms with Crippen LogP contribution in [0.15, 0.2) is 41.3 Å². The van der Waals surface area contributed by atoms with E-state index in [1.807, 2.05) is 0 Å². The third-order valence-electron chi connectivity index (χ3n) is 3.37. The number of hydrogen-bond acceptors (Lipinski definition) is 4. The zero-order chi connectivity index (χ0) is 17.2. The van der Waals surface area contributed by atoms with Gasteiger partial charge in [-0.3, -0.25) is 4.72 Å². The molecular formula is C16H16ClNO4S. The standard InChI is InChI=1S/C16H16ClNO4S/c1-10-5-7-13(9-14(10)16(19)22-3)23(20,21)18-15-8-12(17)6-4-11(15)2/h4-9,18H,1-3H3. The van der Waals surface area contributed by atoms with Gasteiger partial charge in [0.1, 0.15) is 0 Å². The summed E-state index contributed by atoms with van der Waals surface area (Å²) in [6.07, 6.45) is 0. The van der Waals surface area contributed by atoms with E-state index in [2.05, 4.69) is 9.46 Å². The highest BCUT2D eigenvalue weighted by molar-refractivity contribution is 7.92. The quantitative estimate of drug-likeness (QED) is 0.853.